The Labute approximate surface area is 145 Å². The number of imidazole rings is 1. The van der Waals surface area contributed by atoms with Gasteiger partial charge in [-0.1, -0.05) is 29.8 Å². The van der Waals surface area contributed by atoms with Crippen molar-refractivity contribution in [1.29, 1.82) is 0 Å². The van der Waals surface area contributed by atoms with E-state index in [9.17, 15) is 4.79 Å². The number of hydrogen-bond donors (Lipinski definition) is 1. The van der Waals surface area contributed by atoms with Gasteiger partial charge in [0.1, 0.15) is 11.7 Å². The maximum atomic E-state index is 11.7. The van der Waals surface area contributed by atoms with Crippen molar-refractivity contribution in [2.24, 2.45) is 5.73 Å². The fourth-order valence-electron chi connectivity index (χ4n) is 2.73. The lowest BCUT2D eigenvalue weighted by Gasteiger charge is -2.11. The number of methoxy groups -OCH3 is 1. The van der Waals surface area contributed by atoms with Crippen LogP contribution in [-0.2, 0) is 16.0 Å². The number of benzene rings is 1. The highest BCUT2D eigenvalue weighted by Gasteiger charge is 2.21. The summed E-state index contributed by atoms with van der Waals surface area (Å²) >= 11 is 5.98. The SMILES string of the molecule is COC(=O)C(N)Cc1c(-c2ccc(Cl)cc2)nc2c(C)cccn12. The zero-order valence-electron chi connectivity index (χ0n) is 13.5. The first kappa shape index (κ1) is 16.5. The second-order valence-corrected chi connectivity index (χ2v) is 6.07. The largest absolute Gasteiger partial charge is 0.468 e. The molecule has 5 nitrogen and oxygen atoms in total. The Balaban J connectivity index is 2.16. The van der Waals surface area contributed by atoms with Crippen LogP contribution in [0.15, 0.2) is 42.6 Å². The number of aromatic nitrogens is 2. The van der Waals surface area contributed by atoms with Crippen LogP contribution in [0.2, 0.25) is 5.02 Å². The number of halogens is 1. The molecule has 0 aliphatic carbocycles. The molecule has 24 heavy (non-hydrogen) atoms. The standard InChI is InChI=1S/C18H18ClN3O2/c1-11-4-3-9-22-15(10-14(20)18(23)24-2)16(21-17(11)22)12-5-7-13(19)8-6-12/h3-9,14H,10,20H2,1-2H3. The number of carbonyl (C=O) groups excluding carboxylic acids is 1. The molecule has 3 aromatic rings. The summed E-state index contributed by atoms with van der Waals surface area (Å²) in [7, 11) is 1.33. The average Bonchev–Trinajstić information content (AvgIpc) is 2.95. The van der Waals surface area contributed by atoms with Crippen molar-refractivity contribution in [2.45, 2.75) is 19.4 Å². The van der Waals surface area contributed by atoms with E-state index in [1.165, 1.54) is 7.11 Å². The van der Waals surface area contributed by atoms with Crippen molar-refractivity contribution in [3.63, 3.8) is 0 Å². The Morgan fingerprint density at radius 1 is 1.33 bits per heavy atom. The van der Waals surface area contributed by atoms with Crippen molar-refractivity contribution < 1.29 is 9.53 Å². The van der Waals surface area contributed by atoms with Crippen LogP contribution in [0.5, 0.6) is 0 Å². The Hall–Kier alpha value is -2.37. The molecule has 0 radical (unpaired) electrons. The second kappa shape index (κ2) is 6.63. The maximum absolute atomic E-state index is 11.7. The minimum Gasteiger partial charge on any atom is -0.468 e. The third-order valence-corrected chi connectivity index (χ3v) is 4.23. The van der Waals surface area contributed by atoms with E-state index in [0.29, 0.717) is 11.4 Å². The molecule has 0 bridgehead atoms. The monoisotopic (exact) mass is 343 g/mol. The molecule has 0 fully saturated rings. The van der Waals surface area contributed by atoms with Crippen LogP contribution in [0.3, 0.4) is 0 Å². The molecule has 0 saturated heterocycles. The highest BCUT2D eigenvalue weighted by Crippen LogP contribution is 2.27. The topological polar surface area (TPSA) is 69.6 Å². The van der Waals surface area contributed by atoms with E-state index in [4.69, 9.17) is 27.1 Å². The lowest BCUT2D eigenvalue weighted by molar-refractivity contribution is -0.142. The number of ether oxygens (including phenoxy) is 1. The molecule has 0 amide bonds. The molecule has 2 heterocycles. The number of hydrogen-bond acceptors (Lipinski definition) is 4. The molecule has 0 saturated carbocycles. The van der Waals surface area contributed by atoms with Crippen molar-refractivity contribution in [1.82, 2.24) is 9.38 Å². The number of nitrogens with zero attached hydrogens (tertiary/aromatic N) is 2. The summed E-state index contributed by atoms with van der Waals surface area (Å²) in [5, 5.41) is 0.659. The van der Waals surface area contributed by atoms with Gasteiger partial charge in [0.15, 0.2) is 0 Å². The van der Waals surface area contributed by atoms with Gasteiger partial charge in [0.05, 0.1) is 18.5 Å². The summed E-state index contributed by atoms with van der Waals surface area (Å²) in [5.41, 5.74) is 10.5. The molecule has 1 atom stereocenters. The van der Waals surface area contributed by atoms with Gasteiger partial charge in [-0.25, -0.2) is 4.98 Å². The smallest absolute Gasteiger partial charge is 0.323 e. The molecular formula is C18H18ClN3O2. The molecule has 0 aliphatic heterocycles. The maximum Gasteiger partial charge on any atom is 0.323 e. The first-order valence-electron chi connectivity index (χ1n) is 7.57. The van der Waals surface area contributed by atoms with Gasteiger partial charge in [-0.05, 0) is 30.7 Å². The predicted molar refractivity (Wildman–Crippen MR) is 94.1 cm³/mol. The number of nitrogens with two attached hydrogens (primary N) is 1. The van der Waals surface area contributed by atoms with E-state index in [0.717, 1.165) is 28.2 Å². The normalized spacial score (nSPS) is 12.3. The lowest BCUT2D eigenvalue weighted by Crippen LogP contribution is -2.34. The highest BCUT2D eigenvalue weighted by molar-refractivity contribution is 6.30. The summed E-state index contributed by atoms with van der Waals surface area (Å²) in [6, 6.07) is 10.6. The van der Waals surface area contributed by atoms with Crippen LogP contribution in [0.25, 0.3) is 16.9 Å². The van der Waals surface area contributed by atoms with Gasteiger partial charge >= 0.3 is 5.97 Å². The minimum atomic E-state index is -0.749. The highest BCUT2D eigenvalue weighted by atomic mass is 35.5. The van der Waals surface area contributed by atoms with Crippen LogP contribution in [0.1, 0.15) is 11.3 Å². The van der Waals surface area contributed by atoms with Gasteiger partial charge in [-0.3, -0.25) is 4.79 Å². The van der Waals surface area contributed by atoms with Crippen molar-refractivity contribution in [2.75, 3.05) is 7.11 Å². The summed E-state index contributed by atoms with van der Waals surface area (Å²) < 4.78 is 6.72. The van der Waals surface area contributed by atoms with Gasteiger partial charge in [0.2, 0.25) is 0 Å². The summed E-state index contributed by atoms with van der Waals surface area (Å²) in [6.45, 7) is 2.00. The Bertz CT molecular complexity index is 887. The van der Waals surface area contributed by atoms with Crippen molar-refractivity contribution in [3.05, 3.63) is 58.9 Å². The molecule has 1 aromatic carbocycles. The fraction of sp³-hybridized carbons (Fsp3) is 0.222. The van der Waals surface area contributed by atoms with E-state index in [1.807, 2.05) is 53.9 Å². The van der Waals surface area contributed by atoms with Gasteiger partial charge < -0.3 is 14.9 Å². The molecule has 2 N–H and O–H groups in total. The first-order chi connectivity index (χ1) is 11.5. The number of rotatable bonds is 4. The fourth-order valence-corrected chi connectivity index (χ4v) is 2.86. The van der Waals surface area contributed by atoms with Crippen LogP contribution in [-0.4, -0.2) is 28.5 Å². The van der Waals surface area contributed by atoms with Gasteiger partial charge in [0.25, 0.3) is 0 Å². The van der Waals surface area contributed by atoms with Crippen molar-refractivity contribution in [3.8, 4) is 11.3 Å². The molecule has 6 heteroatoms. The Kier molecular flexibility index (Phi) is 4.55. The third-order valence-electron chi connectivity index (χ3n) is 3.98. The number of aryl methyl sites for hydroxylation is 1. The van der Waals surface area contributed by atoms with E-state index in [2.05, 4.69) is 0 Å². The van der Waals surface area contributed by atoms with Gasteiger partial charge in [-0.2, -0.15) is 0 Å². The number of esters is 1. The number of fused-ring (bicyclic) bond motifs is 1. The molecule has 2 aromatic heterocycles. The van der Waals surface area contributed by atoms with Crippen LogP contribution >= 0.6 is 11.6 Å². The molecular weight excluding hydrogens is 326 g/mol. The van der Waals surface area contributed by atoms with E-state index < -0.39 is 12.0 Å². The molecule has 0 spiro atoms. The second-order valence-electron chi connectivity index (χ2n) is 5.63. The summed E-state index contributed by atoms with van der Waals surface area (Å²) in [4.78, 5) is 16.5. The number of pyridine rings is 1. The van der Waals surface area contributed by atoms with Crippen molar-refractivity contribution >= 4 is 23.2 Å². The first-order valence-corrected chi connectivity index (χ1v) is 7.95. The van der Waals surface area contributed by atoms with Gasteiger partial charge in [-0.15, -0.1) is 0 Å². The van der Waals surface area contributed by atoms with Crippen LogP contribution in [0.4, 0.5) is 0 Å². The van der Waals surface area contributed by atoms with E-state index in [-0.39, 0.29) is 0 Å². The van der Waals surface area contributed by atoms with Crippen LogP contribution in [0, 0.1) is 6.92 Å². The Morgan fingerprint density at radius 3 is 2.71 bits per heavy atom. The zero-order valence-corrected chi connectivity index (χ0v) is 14.2. The van der Waals surface area contributed by atoms with E-state index in [1.54, 1.807) is 0 Å². The van der Waals surface area contributed by atoms with Crippen LogP contribution < -0.4 is 5.73 Å². The summed E-state index contributed by atoms with van der Waals surface area (Å²) in [5.74, 6) is -0.445. The minimum absolute atomic E-state index is 0.329. The third kappa shape index (κ3) is 3.00. The quantitative estimate of drug-likeness (QED) is 0.739. The van der Waals surface area contributed by atoms with E-state index >= 15 is 0 Å². The molecule has 1 unspecified atom stereocenters. The molecule has 124 valence electrons. The lowest BCUT2D eigenvalue weighted by atomic mass is 10.1. The summed E-state index contributed by atoms with van der Waals surface area (Å²) in [6.07, 6.45) is 2.25. The zero-order chi connectivity index (χ0) is 17.3. The van der Waals surface area contributed by atoms with Gasteiger partial charge in [0, 0.05) is 23.2 Å². The molecule has 3 rings (SSSR count). The Morgan fingerprint density at radius 2 is 2.04 bits per heavy atom. The average molecular weight is 344 g/mol. The predicted octanol–water partition coefficient (Wildman–Crippen LogP) is 3.01. The molecule has 0 aliphatic rings. The number of carbonyl (C=O) groups is 1.